The van der Waals surface area contributed by atoms with Crippen LogP contribution in [0.15, 0.2) is 30.5 Å². The smallest absolute Gasteiger partial charge is 0.451 e. The van der Waals surface area contributed by atoms with E-state index in [4.69, 9.17) is 4.74 Å². The lowest BCUT2D eigenvalue weighted by Gasteiger charge is -2.13. The van der Waals surface area contributed by atoms with E-state index in [1.165, 1.54) is 31.7 Å². The van der Waals surface area contributed by atoms with Crippen LogP contribution in [0, 0.1) is 6.92 Å². The van der Waals surface area contributed by atoms with Crippen molar-refractivity contribution in [3.8, 4) is 5.75 Å². The molecule has 0 bridgehead atoms. The molecule has 3 nitrogen and oxygen atoms in total. The normalized spacial score (nSPS) is 11.6. The Balaban J connectivity index is 1.99. The van der Waals surface area contributed by atoms with E-state index in [-0.39, 0.29) is 6.42 Å². The van der Waals surface area contributed by atoms with Crippen LogP contribution in [0.1, 0.15) is 68.1 Å². The van der Waals surface area contributed by atoms with Crippen LogP contribution in [0.5, 0.6) is 5.75 Å². The lowest BCUT2D eigenvalue weighted by molar-refractivity contribution is -0.145. The van der Waals surface area contributed by atoms with Crippen molar-refractivity contribution in [1.29, 1.82) is 0 Å². The van der Waals surface area contributed by atoms with Gasteiger partial charge in [-0.3, -0.25) is 0 Å². The Morgan fingerprint density at radius 3 is 2.48 bits per heavy atom. The third-order valence-electron chi connectivity index (χ3n) is 4.31. The maximum Gasteiger partial charge on any atom is 0.451 e. The molecule has 0 fully saturated rings. The summed E-state index contributed by atoms with van der Waals surface area (Å²) in [5, 5.41) is 0. The molecule has 2 aromatic rings. The zero-order chi connectivity index (χ0) is 19.7. The minimum atomic E-state index is -4.54. The molecule has 0 N–H and O–H groups in total. The lowest BCUT2D eigenvalue weighted by atomic mass is 10.1. The Morgan fingerprint density at radius 1 is 1.00 bits per heavy atom. The molecular weight excluding hydrogens is 353 g/mol. The van der Waals surface area contributed by atoms with Crippen molar-refractivity contribution in [3.63, 3.8) is 0 Å². The first-order chi connectivity index (χ1) is 12.9. The predicted molar refractivity (Wildman–Crippen MR) is 99.9 cm³/mol. The number of nitrogens with zero attached hydrogens (tertiary/aromatic N) is 2. The molecule has 2 rings (SSSR count). The number of unbranched alkanes of at least 4 members (excludes halogenated alkanes) is 5. The van der Waals surface area contributed by atoms with Gasteiger partial charge < -0.3 is 4.74 Å². The molecule has 27 heavy (non-hydrogen) atoms. The van der Waals surface area contributed by atoms with E-state index in [1.54, 1.807) is 0 Å². The van der Waals surface area contributed by atoms with E-state index in [0.717, 1.165) is 30.2 Å². The highest BCUT2D eigenvalue weighted by Crippen LogP contribution is 2.27. The Hall–Kier alpha value is -2.11. The summed E-state index contributed by atoms with van der Waals surface area (Å²) in [4.78, 5) is 6.97. The third-order valence-corrected chi connectivity index (χ3v) is 4.31. The van der Waals surface area contributed by atoms with Gasteiger partial charge in [-0.1, -0.05) is 56.7 Å². The minimum Gasteiger partial charge on any atom is -0.493 e. The molecule has 0 aliphatic rings. The van der Waals surface area contributed by atoms with Gasteiger partial charge in [0.25, 0.3) is 0 Å². The number of alkyl halides is 3. The second kappa shape index (κ2) is 10.3. The number of aryl methyl sites for hydroxylation is 1. The third kappa shape index (κ3) is 7.19. The summed E-state index contributed by atoms with van der Waals surface area (Å²) in [5.74, 6) is -0.400. The lowest BCUT2D eigenvalue weighted by Crippen LogP contribution is -2.12. The van der Waals surface area contributed by atoms with Gasteiger partial charge in [0.1, 0.15) is 5.75 Å². The summed E-state index contributed by atoms with van der Waals surface area (Å²) in [5.41, 5.74) is 2.20. The van der Waals surface area contributed by atoms with Crippen molar-refractivity contribution in [3.05, 3.63) is 53.1 Å². The first kappa shape index (κ1) is 21.2. The Bertz CT molecular complexity index is 717. The molecule has 148 valence electrons. The van der Waals surface area contributed by atoms with Gasteiger partial charge in [-0.25, -0.2) is 9.97 Å². The number of halogens is 3. The molecule has 1 heterocycles. The van der Waals surface area contributed by atoms with Crippen LogP contribution in [0.2, 0.25) is 0 Å². The number of hydrogen-bond acceptors (Lipinski definition) is 3. The van der Waals surface area contributed by atoms with Crippen LogP contribution in [0.4, 0.5) is 13.2 Å². The molecule has 0 aliphatic carbocycles. The van der Waals surface area contributed by atoms with Crippen LogP contribution in [0.25, 0.3) is 0 Å². The van der Waals surface area contributed by atoms with Crippen molar-refractivity contribution in [2.24, 2.45) is 0 Å². The largest absolute Gasteiger partial charge is 0.493 e. The van der Waals surface area contributed by atoms with Crippen LogP contribution in [-0.2, 0) is 12.6 Å². The standard InChI is InChI=1S/C21H27F3N2O/c1-3-4-5-6-7-8-13-27-19-10-9-16(2)14-17(19)15-18-11-12-25-20(26-18)21(22,23)24/h9-12,14H,3-8,13,15H2,1-2H3. The summed E-state index contributed by atoms with van der Waals surface area (Å²) < 4.78 is 44.4. The number of ether oxygens (including phenoxy) is 1. The topological polar surface area (TPSA) is 35.0 Å². The highest BCUT2D eigenvalue weighted by atomic mass is 19.4. The second-order valence-electron chi connectivity index (χ2n) is 6.77. The van der Waals surface area contributed by atoms with Gasteiger partial charge in [0.2, 0.25) is 5.82 Å². The fourth-order valence-electron chi connectivity index (χ4n) is 2.88. The molecule has 0 atom stereocenters. The average Bonchev–Trinajstić information content (AvgIpc) is 2.62. The van der Waals surface area contributed by atoms with Crippen LogP contribution >= 0.6 is 0 Å². The van der Waals surface area contributed by atoms with E-state index in [0.29, 0.717) is 18.1 Å². The molecular formula is C21H27F3N2O. The van der Waals surface area contributed by atoms with E-state index in [2.05, 4.69) is 16.9 Å². The number of benzene rings is 1. The van der Waals surface area contributed by atoms with Crippen LogP contribution in [-0.4, -0.2) is 16.6 Å². The zero-order valence-corrected chi connectivity index (χ0v) is 16.0. The molecule has 6 heteroatoms. The van der Waals surface area contributed by atoms with Crippen LogP contribution in [0.3, 0.4) is 0 Å². The fraction of sp³-hybridized carbons (Fsp3) is 0.524. The Morgan fingerprint density at radius 2 is 1.74 bits per heavy atom. The van der Waals surface area contributed by atoms with Crippen molar-refractivity contribution < 1.29 is 17.9 Å². The van der Waals surface area contributed by atoms with Gasteiger partial charge in [-0.05, 0) is 25.5 Å². The van der Waals surface area contributed by atoms with E-state index in [9.17, 15) is 13.2 Å². The van der Waals surface area contributed by atoms with Crippen molar-refractivity contribution in [2.75, 3.05) is 6.61 Å². The molecule has 0 amide bonds. The van der Waals surface area contributed by atoms with Crippen molar-refractivity contribution in [1.82, 2.24) is 9.97 Å². The van der Waals surface area contributed by atoms with Gasteiger partial charge in [0.05, 0.1) is 6.61 Å². The second-order valence-corrected chi connectivity index (χ2v) is 6.77. The Labute approximate surface area is 159 Å². The average molecular weight is 380 g/mol. The highest BCUT2D eigenvalue weighted by molar-refractivity contribution is 5.39. The SMILES string of the molecule is CCCCCCCCOc1ccc(C)cc1Cc1ccnc(C(F)(F)F)n1. The Kier molecular flexibility index (Phi) is 8.07. The number of rotatable bonds is 10. The summed E-state index contributed by atoms with van der Waals surface area (Å²) in [6.07, 6.45) is 3.94. The predicted octanol–water partition coefficient (Wildman–Crippen LogP) is 6.13. The van der Waals surface area contributed by atoms with Gasteiger partial charge in [0.15, 0.2) is 0 Å². The van der Waals surface area contributed by atoms with E-state index < -0.39 is 12.0 Å². The summed E-state index contributed by atoms with van der Waals surface area (Å²) in [6.45, 7) is 4.75. The van der Waals surface area contributed by atoms with E-state index >= 15 is 0 Å². The maximum atomic E-state index is 12.8. The first-order valence-electron chi connectivity index (χ1n) is 9.51. The van der Waals surface area contributed by atoms with Crippen molar-refractivity contribution in [2.45, 2.75) is 65.0 Å². The summed E-state index contributed by atoms with van der Waals surface area (Å²) in [7, 11) is 0. The molecule has 0 radical (unpaired) electrons. The number of aromatic nitrogens is 2. The van der Waals surface area contributed by atoms with Crippen LogP contribution < -0.4 is 4.74 Å². The molecule has 0 aliphatic heterocycles. The fourth-order valence-corrected chi connectivity index (χ4v) is 2.88. The van der Waals surface area contributed by atoms with Gasteiger partial charge >= 0.3 is 6.18 Å². The van der Waals surface area contributed by atoms with Gasteiger partial charge in [-0.15, -0.1) is 0 Å². The molecule has 0 unspecified atom stereocenters. The maximum absolute atomic E-state index is 12.8. The van der Waals surface area contributed by atoms with Crippen molar-refractivity contribution >= 4 is 0 Å². The molecule has 1 aromatic carbocycles. The monoisotopic (exact) mass is 380 g/mol. The summed E-state index contributed by atoms with van der Waals surface area (Å²) >= 11 is 0. The van der Waals surface area contributed by atoms with E-state index in [1.807, 2.05) is 25.1 Å². The molecule has 0 saturated carbocycles. The number of hydrogen-bond donors (Lipinski definition) is 0. The quantitative estimate of drug-likeness (QED) is 0.465. The molecule has 0 spiro atoms. The molecule has 1 aromatic heterocycles. The van der Waals surface area contributed by atoms with Gasteiger partial charge in [0, 0.05) is 23.9 Å². The molecule has 0 saturated heterocycles. The van der Waals surface area contributed by atoms with Gasteiger partial charge in [-0.2, -0.15) is 13.2 Å². The highest BCUT2D eigenvalue weighted by Gasteiger charge is 2.34. The summed E-state index contributed by atoms with van der Waals surface area (Å²) in [6, 6.07) is 7.27. The first-order valence-corrected chi connectivity index (χ1v) is 9.51. The zero-order valence-electron chi connectivity index (χ0n) is 16.0. The minimum absolute atomic E-state index is 0.277.